The van der Waals surface area contributed by atoms with Crippen molar-refractivity contribution >= 4 is 17.9 Å². The quantitative estimate of drug-likeness (QED) is 0.634. The van der Waals surface area contributed by atoms with E-state index in [1.165, 1.54) is 12.1 Å². The van der Waals surface area contributed by atoms with Crippen LogP contribution in [0.4, 0.5) is 4.79 Å². The van der Waals surface area contributed by atoms with Crippen LogP contribution in [-0.2, 0) is 9.53 Å². The molecule has 0 radical (unpaired) electrons. The number of alkyl carbamates (subject to hydrolysis) is 1. The summed E-state index contributed by atoms with van der Waals surface area (Å²) >= 11 is 0. The maximum absolute atomic E-state index is 12.3. The van der Waals surface area contributed by atoms with Crippen LogP contribution in [0, 0.1) is 5.92 Å². The number of H-pyrrole nitrogens is 1. The second-order valence-corrected chi connectivity index (χ2v) is 8.02. The summed E-state index contributed by atoms with van der Waals surface area (Å²) in [5.74, 6) is -0.0837. The molecule has 1 aliphatic heterocycles. The van der Waals surface area contributed by atoms with Crippen molar-refractivity contribution in [3.05, 3.63) is 28.2 Å². The third-order valence-electron chi connectivity index (χ3n) is 4.44. The second-order valence-electron chi connectivity index (χ2n) is 8.02. The highest BCUT2D eigenvalue weighted by atomic mass is 16.6. The number of carbonyl (C=O) groups is 3. The Labute approximate surface area is 169 Å². The monoisotopic (exact) mass is 407 g/mol. The first-order valence-electron chi connectivity index (χ1n) is 9.72. The molecule has 1 fully saturated rings. The molecule has 160 valence electrons. The second kappa shape index (κ2) is 10.0. The number of aromatic nitrogens is 2. The lowest BCUT2D eigenvalue weighted by molar-refractivity contribution is -0.132. The third-order valence-corrected chi connectivity index (χ3v) is 4.44. The van der Waals surface area contributed by atoms with Gasteiger partial charge in [-0.15, -0.1) is 0 Å². The smallest absolute Gasteiger partial charge is 0.407 e. The third kappa shape index (κ3) is 7.92. The number of nitrogens with zero attached hydrogens (tertiary/aromatic N) is 2. The maximum atomic E-state index is 12.3. The van der Waals surface area contributed by atoms with Gasteiger partial charge in [0.25, 0.3) is 11.5 Å². The van der Waals surface area contributed by atoms with Gasteiger partial charge in [-0.3, -0.25) is 14.4 Å². The summed E-state index contributed by atoms with van der Waals surface area (Å²) in [6.45, 7) is 7.29. The number of piperidine rings is 1. The van der Waals surface area contributed by atoms with E-state index in [4.69, 9.17) is 4.74 Å². The molecule has 0 aromatic carbocycles. The highest BCUT2D eigenvalue weighted by Crippen LogP contribution is 2.17. The van der Waals surface area contributed by atoms with E-state index in [0.29, 0.717) is 19.6 Å². The molecule has 0 saturated carbocycles. The molecule has 2 rings (SSSR count). The molecule has 0 unspecified atom stereocenters. The van der Waals surface area contributed by atoms with Gasteiger partial charge in [-0.25, -0.2) is 9.89 Å². The number of nitrogens with one attached hydrogen (secondary N) is 3. The van der Waals surface area contributed by atoms with Crippen LogP contribution in [0.1, 0.15) is 50.5 Å². The summed E-state index contributed by atoms with van der Waals surface area (Å²) in [7, 11) is 0. The first kappa shape index (κ1) is 22.4. The molecule has 0 atom stereocenters. The Morgan fingerprint density at radius 2 is 1.90 bits per heavy atom. The maximum Gasteiger partial charge on any atom is 0.407 e. The van der Waals surface area contributed by atoms with Gasteiger partial charge in [0.2, 0.25) is 5.91 Å². The van der Waals surface area contributed by atoms with Crippen molar-refractivity contribution in [2.45, 2.75) is 45.6 Å². The SMILES string of the molecule is CC(C)(C)OC(=O)NCCC(=O)N1CCC(CNC(=O)c2ccc(=O)[nH]n2)CC1. The highest BCUT2D eigenvalue weighted by Gasteiger charge is 2.23. The topological polar surface area (TPSA) is 133 Å². The predicted molar refractivity (Wildman–Crippen MR) is 105 cm³/mol. The minimum absolute atomic E-state index is 0.0130. The number of ether oxygens (including phenoxy) is 1. The number of likely N-dealkylation sites (tertiary alicyclic amines) is 1. The van der Waals surface area contributed by atoms with Crippen LogP contribution in [-0.4, -0.2) is 64.8 Å². The fourth-order valence-electron chi connectivity index (χ4n) is 2.93. The fourth-order valence-corrected chi connectivity index (χ4v) is 2.93. The summed E-state index contributed by atoms with van der Waals surface area (Å²) in [5.41, 5.74) is -0.770. The number of hydrogen-bond acceptors (Lipinski definition) is 6. The number of carbonyl (C=O) groups excluding carboxylic acids is 3. The van der Waals surface area contributed by atoms with Crippen LogP contribution in [0.15, 0.2) is 16.9 Å². The van der Waals surface area contributed by atoms with Crippen molar-refractivity contribution in [1.29, 1.82) is 0 Å². The van der Waals surface area contributed by atoms with E-state index in [2.05, 4.69) is 20.8 Å². The predicted octanol–water partition coefficient (Wildman–Crippen LogP) is 0.653. The van der Waals surface area contributed by atoms with Crippen molar-refractivity contribution in [3.8, 4) is 0 Å². The molecular formula is C19H29N5O5. The van der Waals surface area contributed by atoms with Gasteiger partial charge in [0, 0.05) is 38.7 Å². The molecule has 29 heavy (non-hydrogen) atoms. The largest absolute Gasteiger partial charge is 0.444 e. The number of rotatable bonds is 6. The summed E-state index contributed by atoms with van der Waals surface area (Å²) in [6.07, 6.45) is 1.25. The Hall–Kier alpha value is -2.91. The van der Waals surface area contributed by atoms with E-state index in [-0.39, 0.29) is 42.0 Å². The standard InChI is InChI=1S/C19H29N5O5/c1-19(2,3)29-18(28)20-9-6-16(26)24-10-7-13(8-11-24)12-21-17(27)14-4-5-15(25)23-22-14/h4-5,13H,6-12H2,1-3H3,(H,20,28)(H,21,27)(H,23,25). The van der Waals surface area contributed by atoms with E-state index in [0.717, 1.165) is 12.8 Å². The van der Waals surface area contributed by atoms with Crippen molar-refractivity contribution in [3.63, 3.8) is 0 Å². The van der Waals surface area contributed by atoms with Crippen molar-refractivity contribution in [1.82, 2.24) is 25.7 Å². The Kier molecular flexibility index (Phi) is 7.74. The normalized spacial score (nSPS) is 14.9. The molecule has 0 bridgehead atoms. The molecule has 10 heteroatoms. The van der Waals surface area contributed by atoms with E-state index in [9.17, 15) is 19.2 Å². The van der Waals surface area contributed by atoms with Gasteiger partial charge in [-0.2, -0.15) is 5.10 Å². The first-order valence-corrected chi connectivity index (χ1v) is 9.72. The molecule has 10 nitrogen and oxygen atoms in total. The average molecular weight is 407 g/mol. The molecular weight excluding hydrogens is 378 g/mol. The van der Waals surface area contributed by atoms with E-state index in [1.54, 1.807) is 25.7 Å². The zero-order valence-electron chi connectivity index (χ0n) is 17.1. The Morgan fingerprint density at radius 1 is 1.21 bits per heavy atom. The van der Waals surface area contributed by atoms with Gasteiger partial charge in [-0.05, 0) is 45.6 Å². The van der Waals surface area contributed by atoms with Gasteiger partial charge in [0.05, 0.1) is 0 Å². The van der Waals surface area contributed by atoms with Crippen molar-refractivity contribution < 1.29 is 19.1 Å². The van der Waals surface area contributed by atoms with Gasteiger partial charge in [-0.1, -0.05) is 0 Å². The minimum Gasteiger partial charge on any atom is -0.444 e. The van der Waals surface area contributed by atoms with Gasteiger partial charge >= 0.3 is 6.09 Å². The van der Waals surface area contributed by atoms with Gasteiger partial charge in [0.1, 0.15) is 11.3 Å². The summed E-state index contributed by atoms with van der Waals surface area (Å²) < 4.78 is 5.13. The highest BCUT2D eigenvalue weighted by molar-refractivity contribution is 5.91. The van der Waals surface area contributed by atoms with Crippen LogP contribution >= 0.6 is 0 Å². The molecule has 3 N–H and O–H groups in total. The summed E-state index contributed by atoms with van der Waals surface area (Å²) in [6, 6.07) is 2.63. The molecule has 1 aromatic rings. The van der Waals surface area contributed by atoms with Gasteiger partial charge < -0.3 is 20.3 Å². The Bertz CT molecular complexity index is 757. The van der Waals surface area contributed by atoms with Gasteiger partial charge in [0.15, 0.2) is 0 Å². The molecule has 0 spiro atoms. The Morgan fingerprint density at radius 3 is 2.48 bits per heavy atom. The van der Waals surface area contributed by atoms with Crippen LogP contribution < -0.4 is 16.2 Å². The average Bonchev–Trinajstić information content (AvgIpc) is 2.65. The molecule has 2 heterocycles. The van der Waals surface area contributed by atoms with Crippen molar-refractivity contribution in [2.75, 3.05) is 26.2 Å². The molecule has 3 amide bonds. The lowest BCUT2D eigenvalue weighted by Gasteiger charge is -2.32. The molecule has 0 aliphatic carbocycles. The number of amides is 3. The van der Waals surface area contributed by atoms with Crippen LogP contribution in [0.2, 0.25) is 0 Å². The minimum atomic E-state index is -0.570. The Balaban J connectivity index is 1.64. The lowest BCUT2D eigenvalue weighted by atomic mass is 9.96. The molecule has 1 aromatic heterocycles. The summed E-state index contributed by atoms with van der Waals surface area (Å²) in [4.78, 5) is 48.7. The van der Waals surface area contributed by atoms with E-state index in [1.807, 2.05) is 0 Å². The van der Waals surface area contributed by atoms with E-state index >= 15 is 0 Å². The molecule has 1 aliphatic rings. The number of hydrogen-bond donors (Lipinski definition) is 3. The lowest BCUT2D eigenvalue weighted by Crippen LogP contribution is -2.42. The van der Waals surface area contributed by atoms with Crippen LogP contribution in [0.25, 0.3) is 0 Å². The molecule has 1 saturated heterocycles. The van der Waals surface area contributed by atoms with E-state index < -0.39 is 11.7 Å². The zero-order valence-corrected chi connectivity index (χ0v) is 17.1. The van der Waals surface area contributed by atoms with Crippen LogP contribution in [0.3, 0.4) is 0 Å². The first-order chi connectivity index (χ1) is 13.6. The van der Waals surface area contributed by atoms with Crippen molar-refractivity contribution in [2.24, 2.45) is 5.92 Å². The summed E-state index contributed by atoms with van der Waals surface area (Å²) in [5, 5.41) is 11.3. The zero-order chi connectivity index (χ0) is 21.4. The fraction of sp³-hybridized carbons (Fsp3) is 0.632. The number of aromatic amines is 1. The van der Waals surface area contributed by atoms with Crippen LogP contribution in [0.5, 0.6) is 0 Å².